The summed E-state index contributed by atoms with van der Waals surface area (Å²) in [6.45, 7) is 1.04. The highest BCUT2D eigenvalue weighted by molar-refractivity contribution is 6.71. The maximum absolute atomic E-state index is 5.74. The molecule has 0 N–H and O–H groups in total. The molecular weight excluding hydrogens is 218 g/mol. The van der Waals surface area contributed by atoms with Crippen molar-refractivity contribution in [3.63, 3.8) is 0 Å². The number of benzene rings is 1. The van der Waals surface area contributed by atoms with E-state index in [0.717, 1.165) is 12.6 Å². The molecule has 16 heavy (non-hydrogen) atoms. The fraction of sp³-hybridized carbons (Fsp3) is 0.500. The minimum absolute atomic E-state index is 1.04. The number of anilines is 1. The summed E-state index contributed by atoms with van der Waals surface area (Å²) in [5.74, 6) is 0. The zero-order chi connectivity index (χ0) is 11.4. The Labute approximate surface area is 98.3 Å². The molecule has 1 saturated heterocycles. The molecule has 1 aliphatic heterocycles. The molecule has 0 spiro atoms. The molecule has 1 fully saturated rings. The van der Waals surface area contributed by atoms with Crippen molar-refractivity contribution in [1.29, 1.82) is 0 Å². The summed E-state index contributed by atoms with van der Waals surface area (Å²) in [6.07, 6.45) is 2.42. The van der Waals surface area contributed by atoms with Crippen molar-refractivity contribution in [3.05, 3.63) is 30.3 Å². The summed E-state index contributed by atoms with van der Waals surface area (Å²) >= 11 is 0. The third kappa shape index (κ3) is 2.00. The Hall–Kier alpha value is -0.843. The minimum atomic E-state index is -2.17. The molecule has 0 saturated carbocycles. The van der Waals surface area contributed by atoms with Crippen LogP contribution in [-0.2, 0) is 8.85 Å². The number of hydrogen-bond acceptors (Lipinski definition) is 3. The van der Waals surface area contributed by atoms with Gasteiger partial charge in [0, 0.05) is 32.5 Å². The SMILES string of the molecule is CO[Si]1(OC)CCCCN1c1ccccc1. The fourth-order valence-electron chi connectivity index (χ4n) is 2.37. The average Bonchev–Trinajstić information content (AvgIpc) is 2.39. The quantitative estimate of drug-likeness (QED) is 0.754. The van der Waals surface area contributed by atoms with Gasteiger partial charge in [0.2, 0.25) is 0 Å². The smallest absolute Gasteiger partial charge is 0.382 e. The van der Waals surface area contributed by atoms with Gasteiger partial charge in [0.25, 0.3) is 0 Å². The molecule has 1 aromatic carbocycles. The largest absolute Gasteiger partial charge is 0.458 e. The van der Waals surface area contributed by atoms with Crippen LogP contribution in [0.25, 0.3) is 0 Å². The van der Waals surface area contributed by atoms with Gasteiger partial charge < -0.3 is 13.4 Å². The second-order valence-corrected chi connectivity index (χ2v) is 7.35. The molecule has 1 aliphatic rings. The van der Waals surface area contributed by atoms with Crippen LogP contribution in [0.4, 0.5) is 5.69 Å². The molecule has 0 aliphatic carbocycles. The Morgan fingerprint density at radius 1 is 1.06 bits per heavy atom. The minimum Gasteiger partial charge on any atom is -0.382 e. The summed E-state index contributed by atoms with van der Waals surface area (Å²) in [7, 11) is 1.38. The van der Waals surface area contributed by atoms with Gasteiger partial charge in [-0.3, -0.25) is 0 Å². The van der Waals surface area contributed by atoms with Gasteiger partial charge >= 0.3 is 8.72 Å². The maximum atomic E-state index is 5.74. The maximum Gasteiger partial charge on any atom is 0.458 e. The van der Waals surface area contributed by atoms with Crippen LogP contribution in [0.1, 0.15) is 12.8 Å². The Kier molecular flexibility index (Phi) is 3.63. The molecule has 0 unspecified atom stereocenters. The van der Waals surface area contributed by atoms with Gasteiger partial charge in [0.1, 0.15) is 0 Å². The highest BCUT2D eigenvalue weighted by Crippen LogP contribution is 2.31. The summed E-state index contributed by atoms with van der Waals surface area (Å²) in [4.78, 5) is 0. The Morgan fingerprint density at radius 2 is 1.75 bits per heavy atom. The van der Waals surface area contributed by atoms with Crippen molar-refractivity contribution in [2.75, 3.05) is 25.3 Å². The highest BCUT2D eigenvalue weighted by Gasteiger charge is 2.45. The molecule has 88 valence electrons. The number of rotatable bonds is 3. The van der Waals surface area contributed by atoms with Crippen molar-refractivity contribution in [2.45, 2.75) is 18.9 Å². The standard InChI is InChI=1S/C12H19NO2Si/c1-14-16(15-2)11-7-6-10-13(16)12-8-4-3-5-9-12/h3-5,8-9H,6-7,10-11H2,1-2H3. The van der Waals surface area contributed by atoms with Crippen molar-refractivity contribution in [1.82, 2.24) is 0 Å². The second-order valence-electron chi connectivity index (χ2n) is 4.07. The first-order valence-electron chi connectivity index (χ1n) is 5.75. The molecule has 0 bridgehead atoms. The molecule has 1 heterocycles. The van der Waals surface area contributed by atoms with E-state index >= 15 is 0 Å². The van der Waals surface area contributed by atoms with Crippen molar-refractivity contribution in [3.8, 4) is 0 Å². The summed E-state index contributed by atoms with van der Waals surface area (Å²) < 4.78 is 13.8. The van der Waals surface area contributed by atoms with Crippen molar-refractivity contribution in [2.24, 2.45) is 0 Å². The molecule has 0 atom stereocenters. The number of hydrogen-bond donors (Lipinski definition) is 0. The Balaban J connectivity index is 2.29. The lowest BCUT2D eigenvalue weighted by atomic mass is 10.3. The molecular formula is C12H19NO2Si. The zero-order valence-electron chi connectivity index (χ0n) is 9.98. The van der Waals surface area contributed by atoms with Crippen molar-refractivity contribution >= 4 is 14.4 Å². The van der Waals surface area contributed by atoms with Gasteiger partial charge in [0.15, 0.2) is 0 Å². The van der Waals surface area contributed by atoms with Crippen LogP contribution in [-0.4, -0.2) is 29.5 Å². The van der Waals surface area contributed by atoms with E-state index in [1.807, 2.05) is 6.07 Å². The molecule has 0 amide bonds. The van der Waals surface area contributed by atoms with E-state index in [1.54, 1.807) is 14.2 Å². The lowest BCUT2D eigenvalue weighted by molar-refractivity contribution is 0.231. The summed E-state index contributed by atoms with van der Waals surface area (Å²) in [6, 6.07) is 11.5. The number of nitrogens with zero attached hydrogens (tertiary/aromatic N) is 1. The highest BCUT2D eigenvalue weighted by atomic mass is 28.4. The average molecular weight is 237 g/mol. The van der Waals surface area contributed by atoms with E-state index in [9.17, 15) is 0 Å². The van der Waals surface area contributed by atoms with E-state index in [1.165, 1.54) is 18.5 Å². The van der Waals surface area contributed by atoms with Gasteiger partial charge in [0.05, 0.1) is 0 Å². The van der Waals surface area contributed by atoms with Gasteiger partial charge in [-0.15, -0.1) is 0 Å². The van der Waals surface area contributed by atoms with Crippen LogP contribution >= 0.6 is 0 Å². The van der Waals surface area contributed by atoms with E-state index < -0.39 is 8.72 Å². The first-order valence-corrected chi connectivity index (χ1v) is 7.72. The molecule has 0 aromatic heterocycles. The predicted octanol–water partition coefficient (Wildman–Crippen LogP) is 2.52. The molecule has 1 aromatic rings. The first-order chi connectivity index (χ1) is 7.82. The van der Waals surface area contributed by atoms with Crippen LogP contribution in [0.2, 0.25) is 6.04 Å². The molecule has 4 heteroatoms. The summed E-state index contributed by atoms with van der Waals surface area (Å²) in [5, 5.41) is 0. The third-order valence-electron chi connectivity index (χ3n) is 3.24. The van der Waals surface area contributed by atoms with Crippen molar-refractivity contribution < 1.29 is 8.85 Å². The third-order valence-corrected chi connectivity index (χ3v) is 6.81. The molecule has 2 rings (SSSR count). The van der Waals surface area contributed by atoms with Crippen LogP contribution in [0.3, 0.4) is 0 Å². The van der Waals surface area contributed by atoms with Gasteiger partial charge in [-0.05, 0) is 25.0 Å². The number of para-hydroxylation sites is 1. The van der Waals surface area contributed by atoms with Crippen LogP contribution in [0, 0.1) is 0 Å². The lowest BCUT2D eigenvalue weighted by Crippen LogP contribution is -2.60. The topological polar surface area (TPSA) is 21.7 Å². The Morgan fingerprint density at radius 3 is 2.38 bits per heavy atom. The lowest BCUT2D eigenvalue weighted by Gasteiger charge is -2.42. The zero-order valence-corrected chi connectivity index (χ0v) is 11.0. The summed E-state index contributed by atoms with van der Waals surface area (Å²) in [5.41, 5.74) is 1.22. The van der Waals surface area contributed by atoms with Gasteiger partial charge in [-0.25, -0.2) is 0 Å². The van der Waals surface area contributed by atoms with Gasteiger partial charge in [-0.2, -0.15) is 0 Å². The normalized spacial score (nSPS) is 19.8. The van der Waals surface area contributed by atoms with E-state index in [4.69, 9.17) is 8.85 Å². The fourth-order valence-corrected chi connectivity index (χ4v) is 5.39. The predicted molar refractivity (Wildman–Crippen MR) is 67.6 cm³/mol. The monoisotopic (exact) mass is 237 g/mol. The van der Waals surface area contributed by atoms with E-state index in [-0.39, 0.29) is 0 Å². The Bertz CT molecular complexity index is 327. The van der Waals surface area contributed by atoms with Gasteiger partial charge in [-0.1, -0.05) is 18.2 Å². The first kappa shape index (κ1) is 11.6. The van der Waals surface area contributed by atoms with E-state index in [2.05, 4.69) is 28.8 Å². The molecule has 3 nitrogen and oxygen atoms in total. The second kappa shape index (κ2) is 4.99. The van der Waals surface area contributed by atoms with Crippen LogP contribution < -0.4 is 4.57 Å². The molecule has 0 radical (unpaired) electrons. The van der Waals surface area contributed by atoms with Crippen LogP contribution in [0.15, 0.2) is 30.3 Å². The van der Waals surface area contributed by atoms with Crippen LogP contribution in [0.5, 0.6) is 0 Å². The van der Waals surface area contributed by atoms with E-state index in [0.29, 0.717) is 0 Å².